The zero-order valence-electron chi connectivity index (χ0n) is 15.9. The predicted octanol–water partition coefficient (Wildman–Crippen LogP) is 3.80. The molecule has 3 heterocycles. The minimum atomic E-state index is -0.540. The van der Waals surface area contributed by atoms with Gasteiger partial charge in [0.15, 0.2) is 0 Å². The summed E-state index contributed by atoms with van der Waals surface area (Å²) in [7, 11) is 0. The second kappa shape index (κ2) is 8.31. The Bertz CT molecular complexity index is 997. The van der Waals surface area contributed by atoms with Crippen LogP contribution in [0.3, 0.4) is 0 Å². The largest absolute Gasteiger partial charge is 0.360 e. The molecule has 29 heavy (non-hydrogen) atoms. The number of amides is 1. The van der Waals surface area contributed by atoms with Crippen molar-refractivity contribution in [2.45, 2.75) is 13.5 Å². The van der Waals surface area contributed by atoms with Gasteiger partial charge in [-0.3, -0.25) is 14.7 Å². The number of hydrogen-bond acceptors (Lipinski definition) is 5. The van der Waals surface area contributed by atoms with Crippen molar-refractivity contribution < 1.29 is 13.7 Å². The molecular formula is C21H20ClFN4O2. The number of nitrogens with zero attached hydrogens (tertiary/aromatic N) is 4. The molecule has 2 aromatic heterocycles. The lowest BCUT2D eigenvalue weighted by atomic mass is 10.0. The summed E-state index contributed by atoms with van der Waals surface area (Å²) < 4.78 is 19.6. The number of carbonyl (C=O) groups excluding carboxylic acids is 1. The van der Waals surface area contributed by atoms with Gasteiger partial charge in [0.25, 0.3) is 5.91 Å². The summed E-state index contributed by atoms with van der Waals surface area (Å²) in [5.74, 6) is -0.410. The number of pyridine rings is 1. The van der Waals surface area contributed by atoms with Crippen molar-refractivity contribution in [1.82, 2.24) is 19.9 Å². The molecule has 8 heteroatoms. The van der Waals surface area contributed by atoms with E-state index in [9.17, 15) is 9.18 Å². The third kappa shape index (κ3) is 4.02. The number of hydrogen-bond donors (Lipinski definition) is 0. The topological polar surface area (TPSA) is 62.5 Å². The van der Waals surface area contributed by atoms with Crippen molar-refractivity contribution >= 4 is 17.5 Å². The lowest BCUT2D eigenvalue weighted by Gasteiger charge is -2.34. The number of rotatable bonds is 4. The maximum atomic E-state index is 14.4. The van der Waals surface area contributed by atoms with Crippen LogP contribution in [0.4, 0.5) is 4.39 Å². The van der Waals surface area contributed by atoms with Gasteiger partial charge >= 0.3 is 0 Å². The summed E-state index contributed by atoms with van der Waals surface area (Å²) in [4.78, 5) is 21.3. The third-order valence-corrected chi connectivity index (χ3v) is 5.41. The molecule has 0 spiro atoms. The molecule has 0 bridgehead atoms. The first-order valence-corrected chi connectivity index (χ1v) is 9.73. The fraction of sp³-hybridized carbons (Fsp3) is 0.286. The van der Waals surface area contributed by atoms with E-state index in [1.807, 2.05) is 12.1 Å². The molecule has 1 saturated heterocycles. The predicted molar refractivity (Wildman–Crippen MR) is 107 cm³/mol. The lowest BCUT2D eigenvalue weighted by molar-refractivity contribution is 0.0627. The highest BCUT2D eigenvalue weighted by molar-refractivity contribution is 6.33. The second-order valence-corrected chi connectivity index (χ2v) is 7.39. The third-order valence-electron chi connectivity index (χ3n) is 5.09. The van der Waals surface area contributed by atoms with Gasteiger partial charge in [-0.05, 0) is 36.8 Å². The first-order valence-electron chi connectivity index (χ1n) is 9.36. The van der Waals surface area contributed by atoms with Gasteiger partial charge in [-0.2, -0.15) is 0 Å². The van der Waals surface area contributed by atoms with Gasteiger partial charge in [0, 0.05) is 45.1 Å². The van der Waals surface area contributed by atoms with Crippen molar-refractivity contribution in [3.63, 3.8) is 0 Å². The Balaban J connectivity index is 1.51. The molecule has 0 saturated carbocycles. The highest BCUT2D eigenvalue weighted by Crippen LogP contribution is 2.34. The molecule has 1 aromatic carbocycles. The van der Waals surface area contributed by atoms with Crippen LogP contribution >= 0.6 is 11.6 Å². The summed E-state index contributed by atoms with van der Waals surface area (Å²) in [6.45, 7) is 5.09. The molecule has 4 rings (SSSR count). The van der Waals surface area contributed by atoms with E-state index in [1.165, 1.54) is 17.7 Å². The number of halogens is 2. The summed E-state index contributed by atoms with van der Waals surface area (Å²) in [6.07, 6.45) is 3.55. The van der Waals surface area contributed by atoms with E-state index in [-0.39, 0.29) is 27.8 Å². The molecule has 0 radical (unpaired) electrons. The van der Waals surface area contributed by atoms with Crippen LogP contribution in [0.25, 0.3) is 11.3 Å². The summed E-state index contributed by atoms with van der Waals surface area (Å²) in [5, 5.41) is 4.12. The van der Waals surface area contributed by atoms with E-state index in [0.717, 1.165) is 19.6 Å². The van der Waals surface area contributed by atoms with E-state index in [0.29, 0.717) is 18.8 Å². The van der Waals surface area contributed by atoms with Gasteiger partial charge in [-0.1, -0.05) is 22.8 Å². The standard InChI is InChI=1S/C21H20ClFN4O2/c1-14-18(20(25-29-14)19-16(22)3-2-4-17(19)23)21(28)27-11-9-26(10-12-27)13-15-5-7-24-8-6-15/h2-8H,9-13H2,1H3. The number of benzene rings is 1. The van der Waals surface area contributed by atoms with Crippen molar-refractivity contribution in [2.24, 2.45) is 0 Å². The smallest absolute Gasteiger partial charge is 0.259 e. The van der Waals surface area contributed by atoms with Gasteiger partial charge in [0.2, 0.25) is 0 Å². The highest BCUT2D eigenvalue weighted by Gasteiger charge is 2.30. The highest BCUT2D eigenvalue weighted by atomic mass is 35.5. The molecule has 0 aliphatic carbocycles. The Morgan fingerprint density at radius 2 is 1.90 bits per heavy atom. The Morgan fingerprint density at radius 1 is 1.17 bits per heavy atom. The Kier molecular flexibility index (Phi) is 5.60. The van der Waals surface area contributed by atoms with E-state index in [4.69, 9.17) is 16.1 Å². The molecule has 3 aromatic rings. The normalized spacial score (nSPS) is 14.9. The number of carbonyl (C=O) groups is 1. The van der Waals surface area contributed by atoms with Crippen molar-refractivity contribution in [1.29, 1.82) is 0 Å². The Hall–Kier alpha value is -2.77. The monoisotopic (exact) mass is 414 g/mol. The molecule has 150 valence electrons. The number of piperazine rings is 1. The van der Waals surface area contributed by atoms with Crippen molar-refractivity contribution in [3.05, 3.63) is 70.5 Å². The maximum absolute atomic E-state index is 14.4. The fourth-order valence-corrected chi connectivity index (χ4v) is 3.78. The minimum Gasteiger partial charge on any atom is -0.360 e. The second-order valence-electron chi connectivity index (χ2n) is 6.98. The Labute approximate surface area is 172 Å². The first-order chi connectivity index (χ1) is 14.0. The summed E-state index contributed by atoms with van der Waals surface area (Å²) >= 11 is 6.17. The molecule has 0 unspecified atom stereocenters. The van der Waals surface area contributed by atoms with Crippen molar-refractivity contribution in [3.8, 4) is 11.3 Å². The average molecular weight is 415 g/mol. The summed E-state index contributed by atoms with van der Waals surface area (Å²) in [5.41, 5.74) is 1.69. The van der Waals surface area contributed by atoms with E-state index >= 15 is 0 Å². The van der Waals surface area contributed by atoms with E-state index in [2.05, 4.69) is 15.0 Å². The van der Waals surface area contributed by atoms with Gasteiger partial charge in [-0.25, -0.2) is 4.39 Å². The maximum Gasteiger partial charge on any atom is 0.259 e. The molecule has 0 atom stereocenters. The molecule has 1 aliphatic rings. The van der Waals surface area contributed by atoms with Crippen molar-refractivity contribution in [2.75, 3.05) is 26.2 Å². The van der Waals surface area contributed by atoms with Crippen LogP contribution in [0.5, 0.6) is 0 Å². The van der Waals surface area contributed by atoms with Gasteiger partial charge in [0.1, 0.15) is 22.8 Å². The van der Waals surface area contributed by atoms with Gasteiger partial charge in [-0.15, -0.1) is 0 Å². The van der Waals surface area contributed by atoms with Crippen LogP contribution < -0.4 is 0 Å². The van der Waals surface area contributed by atoms with Crippen LogP contribution in [0.15, 0.2) is 47.2 Å². The van der Waals surface area contributed by atoms with E-state index < -0.39 is 5.82 Å². The van der Waals surface area contributed by atoms with E-state index in [1.54, 1.807) is 30.3 Å². The van der Waals surface area contributed by atoms with Crippen LogP contribution in [0, 0.1) is 12.7 Å². The molecule has 1 fully saturated rings. The first kappa shape index (κ1) is 19.5. The SMILES string of the molecule is Cc1onc(-c2c(F)cccc2Cl)c1C(=O)N1CCN(Cc2ccncc2)CC1. The average Bonchev–Trinajstić information content (AvgIpc) is 3.10. The molecule has 1 aliphatic heterocycles. The Morgan fingerprint density at radius 3 is 2.59 bits per heavy atom. The lowest BCUT2D eigenvalue weighted by Crippen LogP contribution is -2.48. The van der Waals surface area contributed by atoms with Crippen LogP contribution in [-0.4, -0.2) is 52.0 Å². The quantitative estimate of drug-likeness (QED) is 0.649. The number of aromatic nitrogens is 2. The van der Waals surface area contributed by atoms with Crippen LogP contribution in [0.1, 0.15) is 21.7 Å². The molecule has 1 amide bonds. The molecular weight excluding hydrogens is 395 g/mol. The fourth-order valence-electron chi connectivity index (χ4n) is 3.53. The van der Waals surface area contributed by atoms with Crippen LogP contribution in [-0.2, 0) is 6.54 Å². The van der Waals surface area contributed by atoms with Crippen LogP contribution in [0.2, 0.25) is 5.02 Å². The molecule has 6 nitrogen and oxygen atoms in total. The van der Waals surface area contributed by atoms with Gasteiger partial charge in [0.05, 0.1) is 10.6 Å². The zero-order valence-corrected chi connectivity index (χ0v) is 16.7. The summed E-state index contributed by atoms with van der Waals surface area (Å²) in [6, 6.07) is 8.34. The minimum absolute atomic E-state index is 0.0886. The van der Waals surface area contributed by atoms with Gasteiger partial charge < -0.3 is 9.42 Å². The molecule has 0 N–H and O–H groups in total. The number of aryl methyl sites for hydroxylation is 1. The zero-order chi connectivity index (χ0) is 20.4.